The summed E-state index contributed by atoms with van der Waals surface area (Å²) in [7, 11) is 0. The van der Waals surface area contributed by atoms with Crippen molar-refractivity contribution in [2.45, 2.75) is 25.4 Å². The molecular weight excluding hydrogens is 700 g/mol. The maximum atomic E-state index is 13.2. The molecule has 2 aliphatic heterocycles. The van der Waals surface area contributed by atoms with E-state index in [9.17, 15) is 44.4 Å². The molecule has 16 nitrogen and oxygen atoms in total. The summed E-state index contributed by atoms with van der Waals surface area (Å²) in [4.78, 5) is 69.5. The Morgan fingerprint density at radius 2 is 1.26 bits per heavy atom. The Balaban J connectivity index is 1.19. The van der Waals surface area contributed by atoms with Gasteiger partial charge in [-0.2, -0.15) is 0 Å². The fourth-order valence-electron chi connectivity index (χ4n) is 7.16. The third-order valence-electron chi connectivity index (χ3n) is 9.90. The lowest BCUT2D eigenvalue weighted by molar-refractivity contribution is -0.140. The van der Waals surface area contributed by atoms with Gasteiger partial charge in [-0.05, 0) is 36.5 Å². The first-order valence-corrected chi connectivity index (χ1v) is 18.4. The van der Waals surface area contributed by atoms with Crippen LogP contribution in [0, 0.1) is 0 Å². The summed E-state index contributed by atoms with van der Waals surface area (Å²) in [5, 5.41) is 43.1. The smallest absolute Gasteiger partial charge is 0.336 e. The number of carbonyl (C=O) groups excluding carboxylic acids is 1. The summed E-state index contributed by atoms with van der Waals surface area (Å²) in [5.74, 6) is -3.25. The van der Waals surface area contributed by atoms with E-state index in [2.05, 4.69) is 10.2 Å². The first-order valence-electron chi connectivity index (χ1n) is 18.4. The summed E-state index contributed by atoms with van der Waals surface area (Å²) >= 11 is 0. The van der Waals surface area contributed by atoms with Crippen molar-refractivity contribution in [3.8, 4) is 0 Å². The zero-order chi connectivity index (χ0) is 38.6. The first-order chi connectivity index (χ1) is 25.9. The quantitative estimate of drug-likeness (QED) is 0.113. The summed E-state index contributed by atoms with van der Waals surface area (Å²) < 4.78 is 5.60. The second kappa shape index (κ2) is 19.5. The highest BCUT2D eigenvalue weighted by Crippen LogP contribution is 2.35. The Labute approximate surface area is 313 Å². The number of rotatable bonds is 14. The van der Waals surface area contributed by atoms with E-state index in [-0.39, 0.29) is 32.1 Å². The van der Waals surface area contributed by atoms with Gasteiger partial charge in [0.1, 0.15) is 11.7 Å². The summed E-state index contributed by atoms with van der Waals surface area (Å²) in [5.41, 5.74) is 3.09. The molecule has 1 unspecified atom stereocenters. The Kier molecular flexibility index (Phi) is 14.5. The average molecular weight is 751 g/mol. The minimum absolute atomic E-state index is 0.0434. The minimum atomic E-state index is -1.02. The maximum absolute atomic E-state index is 13.2. The Hall–Kier alpha value is -4.87. The number of aliphatic hydroxyl groups excluding tert-OH is 1. The zero-order valence-corrected chi connectivity index (χ0v) is 30.4. The number of hydrogen-bond donors (Lipinski definition) is 5. The second-order valence-corrected chi connectivity index (χ2v) is 13.9. The van der Waals surface area contributed by atoms with E-state index in [1.807, 2.05) is 47.4 Å². The van der Waals surface area contributed by atoms with Gasteiger partial charge in [0.15, 0.2) is 0 Å². The summed E-state index contributed by atoms with van der Waals surface area (Å²) in [6.07, 6.45) is 1.42. The lowest BCUT2D eigenvalue weighted by atomic mass is 9.94. The van der Waals surface area contributed by atoms with Gasteiger partial charge in [0.2, 0.25) is 5.91 Å². The summed E-state index contributed by atoms with van der Waals surface area (Å²) in [6, 6.07) is 14.4. The fourth-order valence-corrected chi connectivity index (χ4v) is 7.16. The Morgan fingerprint density at radius 1 is 0.722 bits per heavy atom. The predicted octanol–water partition coefficient (Wildman–Crippen LogP) is 0.609. The molecule has 0 bridgehead atoms. The number of amides is 1. The van der Waals surface area contributed by atoms with Crippen molar-refractivity contribution >= 4 is 40.5 Å². The van der Waals surface area contributed by atoms with Crippen molar-refractivity contribution in [2.75, 3.05) is 103 Å². The highest BCUT2D eigenvalue weighted by molar-refractivity contribution is 5.86. The standard InChI is InChI=1S/C38H50N6O10/c45-33(23-40-12-14-41(24-34(46)47)16-18-43(26-36(50)51)19-17-42(15-13-40)25-35(48)49)39-9-5-11-44-10-4-8-28-20-29-30(38(53)27-6-2-1-3-7-27)21-37(52)54-32(29)22-31(28)44/h1-3,6-7,20-22,38,53H,4-5,8-19,23-26H2,(H,39,45)(H,46,47)(H,48,49)(H,50,51). The third kappa shape index (κ3) is 11.8. The number of fused-ring (bicyclic) bond motifs is 2. The van der Waals surface area contributed by atoms with E-state index in [4.69, 9.17) is 4.42 Å². The van der Waals surface area contributed by atoms with Crippen molar-refractivity contribution in [1.29, 1.82) is 0 Å². The highest BCUT2D eigenvalue weighted by Gasteiger charge is 2.24. The number of carboxylic acids is 3. The van der Waals surface area contributed by atoms with E-state index in [0.29, 0.717) is 94.0 Å². The number of hydrogen-bond acceptors (Lipinski definition) is 12. The molecule has 0 spiro atoms. The lowest BCUT2D eigenvalue weighted by Crippen LogP contribution is -2.49. The van der Waals surface area contributed by atoms with Crippen LogP contribution < -0.4 is 15.8 Å². The molecule has 5 rings (SSSR count). The number of aliphatic hydroxyl groups is 1. The van der Waals surface area contributed by atoms with E-state index < -0.39 is 29.6 Å². The molecule has 292 valence electrons. The molecule has 1 fully saturated rings. The van der Waals surface area contributed by atoms with Crippen molar-refractivity contribution in [1.82, 2.24) is 24.9 Å². The van der Waals surface area contributed by atoms with Crippen LogP contribution in [-0.2, 0) is 25.6 Å². The first kappa shape index (κ1) is 40.3. The molecule has 5 N–H and O–H groups in total. The van der Waals surface area contributed by atoms with Crippen molar-refractivity contribution < 1.29 is 44.0 Å². The van der Waals surface area contributed by atoms with Crippen LogP contribution >= 0.6 is 0 Å². The van der Waals surface area contributed by atoms with Gasteiger partial charge in [0.05, 0.1) is 26.2 Å². The summed E-state index contributed by atoms with van der Waals surface area (Å²) in [6.45, 7) is 3.76. The number of anilines is 1. The zero-order valence-electron chi connectivity index (χ0n) is 30.4. The topological polar surface area (TPSA) is 208 Å². The molecule has 1 amide bonds. The van der Waals surface area contributed by atoms with Crippen LogP contribution in [0.2, 0.25) is 0 Å². The highest BCUT2D eigenvalue weighted by atomic mass is 16.4. The monoisotopic (exact) mass is 750 g/mol. The van der Waals surface area contributed by atoms with E-state index in [1.165, 1.54) is 6.07 Å². The predicted molar refractivity (Wildman–Crippen MR) is 200 cm³/mol. The molecule has 2 aliphatic rings. The minimum Gasteiger partial charge on any atom is -0.480 e. The lowest BCUT2D eigenvalue weighted by Gasteiger charge is -2.33. The van der Waals surface area contributed by atoms with Crippen molar-refractivity contribution in [2.24, 2.45) is 0 Å². The molecule has 16 heteroatoms. The van der Waals surface area contributed by atoms with Crippen LogP contribution in [0.15, 0.2) is 57.7 Å². The van der Waals surface area contributed by atoms with E-state index in [1.54, 1.807) is 14.7 Å². The van der Waals surface area contributed by atoms with Gasteiger partial charge in [0, 0.05) is 101 Å². The molecule has 0 radical (unpaired) electrons. The normalized spacial score (nSPS) is 17.6. The van der Waals surface area contributed by atoms with Gasteiger partial charge in [-0.3, -0.25) is 38.8 Å². The number of carboxylic acid groups (broad SMARTS) is 3. The average Bonchev–Trinajstić information content (AvgIpc) is 3.13. The van der Waals surface area contributed by atoms with Gasteiger partial charge in [-0.25, -0.2) is 4.79 Å². The molecule has 3 heterocycles. The molecule has 54 heavy (non-hydrogen) atoms. The molecule has 1 aromatic heterocycles. The van der Waals surface area contributed by atoms with Crippen LogP contribution in [-0.4, -0.2) is 162 Å². The number of benzene rings is 2. The fraction of sp³-hybridized carbons (Fsp3) is 0.500. The van der Waals surface area contributed by atoms with Gasteiger partial charge in [-0.1, -0.05) is 30.3 Å². The largest absolute Gasteiger partial charge is 0.480 e. The van der Waals surface area contributed by atoms with Gasteiger partial charge in [-0.15, -0.1) is 0 Å². The number of nitrogens with zero attached hydrogens (tertiary/aromatic N) is 5. The van der Waals surface area contributed by atoms with Crippen LogP contribution in [0.4, 0.5) is 5.69 Å². The number of aliphatic carboxylic acids is 3. The van der Waals surface area contributed by atoms with Gasteiger partial charge in [0.25, 0.3) is 0 Å². The SMILES string of the molecule is O=C(O)CN1CCN(CC(=O)O)CCN(CC(=O)NCCCN2CCCc3cc4c(C(O)c5ccccc5)cc(=O)oc4cc32)CCN(CC(=O)O)CC1. The Bertz CT molecular complexity index is 1790. The third-order valence-corrected chi connectivity index (χ3v) is 9.90. The van der Waals surface area contributed by atoms with Crippen LogP contribution in [0.5, 0.6) is 0 Å². The second-order valence-electron chi connectivity index (χ2n) is 13.9. The molecular formula is C38H50N6O10. The number of nitrogens with one attached hydrogen (secondary N) is 1. The van der Waals surface area contributed by atoms with Crippen LogP contribution in [0.25, 0.3) is 11.0 Å². The molecule has 0 saturated carbocycles. The molecule has 2 aromatic carbocycles. The van der Waals surface area contributed by atoms with Crippen LogP contribution in [0.1, 0.15) is 35.6 Å². The van der Waals surface area contributed by atoms with Gasteiger partial charge >= 0.3 is 23.5 Å². The van der Waals surface area contributed by atoms with Crippen LogP contribution in [0.3, 0.4) is 0 Å². The molecule has 0 aliphatic carbocycles. The Morgan fingerprint density at radius 3 is 1.80 bits per heavy atom. The van der Waals surface area contributed by atoms with Gasteiger partial charge < -0.3 is 35.1 Å². The molecule has 1 saturated heterocycles. The molecule has 3 aromatic rings. The molecule has 1 atom stereocenters. The number of carbonyl (C=O) groups is 4. The van der Waals surface area contributed by atoms with Crippen molar-refractivity contribution in [3.63, 3.8) is 0 Å². The maximum Gasteiger partial charge on any atom is 0.336 e. The van der Waals surface area contributed by atoms with Crippen molar-refractivity contribution in [3.05, 3.63) is 75.6 Å². The van der Waals surface area contributed by atoms with E-state index in [0.717, 1.165) is 30.6 Å². The van der Waals surface area contributed by atoms with E-state index >= 15 is 0 Å². The number of aryl methyl sites for hydroxylation is 1.